The zero-order valence-corrected chi connectivity index (χ0v) is 15.0. The number of anilines is 1. The molecule has 4 rings (SSSR count). The lowest BCUT2D eigenvalue weighted by molar-refractivity contribution is -0.138. The topological polar surface area (TPSA) is 63.1 Å². The lowest BCUT2D eigenvalue weighted by Crippen LogP contribution is -2.49. The summed E-state index contributed by atoms with van der Waals surface area (Å²) in [7, 11) is 0. The highest BCUT2D eigenvalue weighted by Crippen LogP contribution is 2.35. The molecular formula is C18H27F2N5O. The standard InChI is InChI=1S/C18H27F2N5O/c19-16(20)15-9-14(23-18-21-11-22-25(15)18)13-7-4-8-24(10-13)17(26)12-5-2-1-3-6-12/h11-16H,1-10H2,(H,21,22,23)/t13-,14+,15-/m1/s1. The summed E-state index contributed by atoms with van der Waals surface area (Å²) in [4.78, 5) is 18.9. The number of likely N-dealkylation sites (tertiary alicyclic amines) is 1. The summed E-state index contributed by atoms with van der Waals surface area (Å²) in [5.74, 6) is 1.04. The molecule has 1 saturated heterocycles. The largest absolute Gasteiger partial charge is 0.351 e. The molecule has 0 spiro atoms. The van der Waals surface area contributed by atoms with Gasteiger partial charge in [-0.3, -0.25) is 4.79 Å². The first-order valence-electron chi connectivity index (χ1n) is 9.86. The van der Waals surface area contributed by atoms with Crippen LogP contribution in [0.5, 0.6) is 0 Å². The molecule has 3 atom stereocenters. The average Bonchev–Trinajstić information content (AvgIpc) is 3.16. The van der Waals surface area contributed by atoms with E-state index in [0.717, 1.165) is 45.1 Å². The van der Waals surface area contributed by atoms with Gasteiger partial charge in [0.25, 0.3) is 6.43 Å². The lowest BCUT2D eigenvalue weighted by atomic mass is 9.84. The van der Waals surface area contributed by atoms with Crippen molar-refractivity contribution in [3.8, 4) is 0 Å². The second-order valence-corrected chi connectivity index (χ2v) is 7.94. The molecule has 0 unspecified atom stereocenters. The number of carbonyl (C=O) groups excluding carboxylic acids is 1. The third kappa shape index (κ3) is 3.42. The first-order valence-corrected chi connectivity index (χ1v) is 9.86. The molecule has 2 aliphatic heterocycles. The number of halogens is 2. The predicted molar refractivity (Wildman–Crippen MR) is 93.0 cm³/mol. The summed E-state index contributed by atoms with van der Waals surface area (Å²) < 4.78 is 28.3. The molecule has 1 amide bonds. The zero-order valence-electron chi connectivity index (χ0n) is 15.0. The van der Waals surface area contributed by atoms with Gasteiger partial charge in [0.05, 0.1) is 0 Å². The number of piperidine rings is 1. The summed E-state index contributed by atoms with van der Waals surface area (Å²) in [5, 5.41) is 7.23. The maximum absolute atomic E-state index is 13.5. The SMILES string of the molecule is O=C(C1CCCCC1)N1CCC[C@@H]([C@@H]2C[C@H](C(F)F)n3ncnc3N2)C1. The molecule has 26 heavy (non-hydrogen) atoms. The summed E-state index contributed by atoms with van der Waals surface area (Å²) in [6, 6.07) is -1.03. The minimum atomic E-state index is -2.47. The Labute approximate surface area is 152 Å². The van der Waals surface area contributed by atoms with Crippen LogP contribution >= 0.6 is 0 Å². The van der Waals surface area contributed by atoms with E-state index in [2.05, 4.69) is 15.4 Å². The van der Waals surface area contributed by atoms with Gasteiger partial charge in [0.2, 0.25) is 11.9 Å². The van der Waals surface area contributed by atoms with Crippen LogP contribution in [-0.2, 0) is 4.79 Å². The Balaban J connectivity index is 1.44. The Morgan fingerprint density at radius 3 is 2.77 bits per heavy atom. The van der Waals surface area contributed by atoms with Crippen molar-refractivity contribution in [1.82, 2.24) is 19.7 Å². The normalized spacial score (nSPS) is 30.1. The maximum atomic E-state index is 13.5. The first-order chi connectivity index (χ1) is 12.6. The number of rotatable bonds is 3. The van der Waals surface area contributed by atoms with Crippen molar-refractivity contribution in [2.75, 3.05) is 18.4 Å². The molecule has 6 nitrogen and oxygen atoms in total. The number of aromatic nitrogens is 3. The number of nitrogens with one attached hydrogen (secondary N) is 1. The molecule has 0 bridgehead atoms. The Hall–Kier alpha value is -1.73. The van der Waals surface area contributed by atoms with Crippen LogP contribution in [0.15, 0.2) is 6.33 Å². The number of hydrogen-bond donors (Lipinski definition) is 1. The molecule has 1 saturated carbocycles. The average molecular weight is 367 g/mol. The molecule has 3 heterocycles. The Bertz CT molecular complexity index is 631. The van der Waals surface area contributed by atoms with Crippen LogP contribution in [-0.4, -0.2) is 51.1 Å². The van der Waals surface area contributed by atoms with Crippen molar-refractivity contribution in [3.05, 3.63) is 6.33 Å². The van der Waals surface area contributed by atoms with E-state index >= 15 is 0 Å². The number of carbonyl (C=O) groups is 1. The Morgan fingerprint density at radius 1 is 1.19 bits per heavy atom. The van der Waals surface area contributed by atoms with E-state index < -0.39 is 12.5 Å². The van der Waals surface area contributed by atoms with E-state index in [0.29, 0.717) is 18.9 Å². The van der Waals surface area contributed by atoms with E-state index in [9.17, 15) is 13.6 Å². The fourth-order valence-corrected chi connectivity index (χ4v) is 4.85. The maximum Gasteiger partial charge on any atom is 0.260 e. The van der Waals surface area contributed by atoms with Crippen molar-refractivity contribution in [3.63, 3.8) is 0 Å². The molecule has 1 N–H and O–H groups in total. The van der Waals surface area contributed by atoms with Gasteiger partial charge in [-0.05, 0) is 38.0 Å². The number of amides is 1. The third-order valence-electron chi connectivity index (χ3n) is 6.28. The van der Waals surface area contributed by atoms with Gasteiger partial charge in [0.1, 0.15) is 12.4 Å². The number of hydrogen-bond acceptors (Lipinski definition) is 4. The van der Waals surface area contributed by atoms with Crippen LogP contribution in [0.1, 0.15) is 57.4 Å². The van der Waals surface area contributed by atoms with Gasteiger partial charge >= 0.3 is 0 Å². The number of fused-ring (bicyclic) bond motifs is 1. The summed E-state index contributed by atoms with van der Waals surface area (Å²) >= 11 is 0. The monoisotopic (exact) mass is 367 g/mol. The fourth-order valence-electron chi connectivity index (χ4n) is 4.85. The van der Waals surface area contributed by atoms with Gasteiger partial charge in [-0.1, -0.05) is 19.3 Å². The minimum absolute atomic E-state index is 0.0901. The van der Waals surface area contributed by atoms with Crippen molar-refractivity contribution in [1.29, 1.82) is 0 Å². The zero-order chi connectivity index (χ0) is 18.1. The first kappa shape index (κ1) is 17.7. The molecule has 2 fully saturated rings. The smallest absolute Gasteiger partial charge is 0.260 e. The second kappa shape index (κ2) is 7.48. The second-order valence-electron chi connectivity index (χ2n) is 7.94. The molecule has 0 aromatic carbocycles. The number of alkyl halides is 2. The minimum Gasteiger partial charge on any atom is -0.351 e. The quantitative estimate of drug-likeness (QED) is 0.892. The van der Waals surface area contributed by atoms with E-state index in [1.165, 1.54) is 17.4 Å². The van der Waals surface area contributed by atoms with Crippen LogP contribution in [0.4, 0.5) is 14.7 Å². The highest BCUT2D eigenvalue weighted by molar-refractivity contribution is 5.79. The predicted octanol–water partition coefficient (Wildman–Crippen LogP) is 3.09. The van der Waals surface area contributed by atoms with Crippen LogP contribution in [0.2, 0.25) is 0 Å². The van der Waals surface area contributed by atoms with Gasteiger partial charge in [-0.25, -0.2) is 13.5 Å². The van der Waals surface area contributed by atoms with Gasteiger partial charge in [-0.2, -0.15) is 10.1 Å². The van der Waals surface area contributed by atoms with Crippen LogP contribution < -0.4 is 5.32 Å². The van der Waals surface area contributed by atoms with Gasteiger partial charge in [-0.15, -0.1) is 0 Å². The Kier molecular flexibility index (Phi) is 5.09. The lowest BCUT2D eigenvalue weighted by Gasteiger charge is -2.41. The van der Waals surface area contributed by atoms with E-state index in [1.807, 2.05) is 4.90 Å². The molecule has 8 heteroatoms. The van der Waals surface area contributed by atoms with E-state index in [1.54, 1.807) is 0 Å². The van der Waals surface area contributed by atoms with Crippen LogP contribution in [0, 0.1) is 11.8 Å². The van der Waals surface area contributed by atoms with Gasteiger partial charge < -0.3 is 10.2 Å². The molecule has 1 aromatic heterocycles. The molecule has 0 radical (unpaired) electrons. The van der Waals surface area contributed by atoms with Crippen molar-refractivity contribution in [2.24, 2.45) is 11.8 Å². The molecule has 144 valence electrons. The van der Waals surface area contributed by atoms with Crippen molar-refractivity contribution < 1.29 is 13.6 Å². The molecule has 1 aliphatic carbocycles. The van der Waals surface area contributed by atoms with Crippen LogP contribution in [0.3, 0.4) is 0 Å². The van der Waals surface area contributed by atoms with Crippen molar-refractivity contribution >= 4 is 11.9 Å². The summed E-state index contributed by atoms with van der Waals surface area (Å²) in [5.41, 5.74) is 0. The summed E-state index contributed by atoms with van der Waals surface area (Å²) in [6.45, 7) is 1.46. The van der Waals surface area contributed by atoms with Gasteiger partial charge in [0, 0.05) is 25.0 Å². The van der Waals surface area contributed by atoms with E-state index in [4.69, 9.17) is 0 Å². The van der Waals surface area contributed by atoms with Gasteiger partial charge in [0.15, 0.2) is 0 Å². The third-order valence-corrected chi connectivity index (χ3v) is 6.28. The van der Waals surface area contributed by atoms with E-state index in [-0.39, 0.29) is 23.8 Å². The molecule has 1 aromatic rings. The number of nitrogens with zero attached hydrogens (tertiary/aromatic N) is 4. The highest BCUT2D eigenvalue weighted by atomic mass is 19.3. The Morgan fingerprint density at radius 2 is 2.00 bits per heavy atom. The molecule has 3 aliphatic rings. The molecular weight excluding hydrogens is 340 g/mol. The van der Waals surface area contributed by atoms with Crippen LogP contribution in [0.25, 0.3) is 0 Å². The fraction of sp³-hybridized carbons (Fsp3) is 0.833. The highest BCUT2D eigenvalue weighted by Gasteiger charge is 2.39. The summed E-state index contributed by atoms with van der Waals surface area (Å²) in [6.07, 6.45) is 6.58. The van der Waals surface area contributed by atoms with Crippen molar-refractivity contribution in [2.45, 2.75) is 69.9 Å².